The van der Waals surface area contributed by atoms with E-state index in [-0.39, 0.29) is 5.91 Å². The molecule has 27 heavy (non-hydrogen) atoms. The second-order valence-corrected chi connectivity index (χ2v) is 8.57. The number of hydrogen-bond acceptors (Lipinski definition) is 4. The summed E-state index contributed by atoms with van der Waals surface area (Å²) in [5.74, 6) is 0.191. The highest BCUT2D eigenvalue weighted by atomic mass is 16.5. The maximum atomic E-state index is 11.6. The fourth-order valence-corrected chi connectivity index (χ4v) is 5.21. The summed E-state index contributed by atoms with van der Waals surface area (Å²) in [4.78, 5) is 18.6. The average Bonchev–Trinajstić information content (AvgIpc) is 3.06. The van der Waals surface area contributed by atoms with Crippen molar-refractivity contribution in [2.24, 2.45) is 5.41 Å². The first-order chi connectivity index (χ1) is 13.1. The van der Waals surface area contributed by atoms with E-state index in [0.717, 1.165) is 39.3 Å². The Balaban J connectivity index is 1.36. The first-order valence-electron chi connectivity index (χ1n) is 10.5. The van der Waals surface area contributed by atoms with Gasteiger partial charge in [0.2, 0.25) is 5.91 Å². The minimum Gasteiger partial charge on any atom is -0.378 e. The summed E-state index contributed by atoms with van der Waals surface area (Å²) in [6.45, 7) is 11.6. The van der Waals surface area contributed by atoms with Gasteiger partial charge in [-0.2, -0.15) is 0 Å². The normalized spacial score (nSPS) is 28.6. The van der Waals surface area contributed by atoms with Gasteiger partial charge in [-0.3, -0.25) is 9.69 Å². The third kappa shape index (κ3) is 3.99. The third-order valence-corrected chi connectivity index (χ3v) is 6.69. The van der Waals surface area contributed by atoms with Crippen molar-refractivity contribution in [2.45, 2.75) is 45.8 Å². The Morgan fingerprint density at radius 2 is 1.89 bits per heavy atom. The van der Waals surface area contributed by atoms with Crippen LogP contribution in [-0.4, -0.2) is 67.7 Å². The summed E-state index contributed by atoms with van der Waals surface area (Å²) < 4.78 is 5.79. The molecule has 2 heterocycles. The van der Waals surface area contributed by atoms with E-state index < -0.39 is 0 Å². The summed E-state index contributed by atoms with van der Waals surface area (Å²) in [5.41, 5.74) is 3.29. The smallest absolute Gasteiger partial charge is 0.219 e. The summed E-state index contributed by atoms with van der Waals surface area (Å²) in [7, 11) is 0. The molecule has 0 radical (unpaired) electrons. The van der Waals surface area contributed by atoms with E-state index in [4.69, 9.17) is 4.74 Å². The van der Waals surface area contributed by atoms with E-state index in [9.17, 15) is 4.79 Å². The Hall–Kier alpha value is -1.59. The van der Waals surface area contributed by atoms with Crippen LogP contribution in [0.3, 0.4) is 0 Å². The Bertz CT molecular complexity index is 663. The van der Waals surface area contributed by atoms with Crippen LogP contribution in [-0.2, 0) is 16.1 Å². The van der Waals surface area contributed by atoms with Crippen molar-refractivity contribution in [2.75, 3.05) is 50.8 Å². The first kappa shape index (κ1) is 18.8. The summed E-state index contributed by atoms with van der Waals surface area (Å²) in [6, 6.07) is 8.83. The molecule has 1 spiro atoms. The van der Waals surface area contributed by atoms with Gasteiger partial charge in [0.1, 0.15) is 0 Å². The number of hydrogen-bond donors (Lipinski definition) is 0. The molecule has 1 amide bonds. The Morgan fingerprint density at radius 3 is 2.59 bits per heavy atom. The highest BCUT2D eigenvalue weighted by molar-refractivity contribution is 5.73. The number of amides is 1. The highest BCUT2D eigenvalue weighted by Gasteiger charge is 2.48. The molecule has 1 aromatic rings. The van der Waals surface area contributed by atoms with E-state index in [2.05, 4.69) is 41.0 Å². The fraction of sp³-hybridized carbons (Fsp3) is 0.682. The van der Waals surface area contributed by atoms with Gasteiger partial charge < -0.3 is 14.5 Å². The lowest BCUT2D eigenvalue weighted by Gasteiger charge is -2.45. The van der Waals surface area contributed by atoms with E-state index in [1.165, 1.54) is 43.6 Å². The molecule has 3 fully saturated rings. The molecule has 1 aromatic carbocycles. The van der Waals surface area contributed by atoms with Gasteiger partial charge in [0, 0.05) is 58.5 Å². The van der Waals surface area contributed by atoms with Gasteiger partial charge in [0.25, 0.3) is 0 Å². The van der Waals surface area contributed by atoms with Crippen LogP contribution in [0.5, 0.6) is 0 Å². The number of ether oxygens (including phenoxy) is 1. The number of likely N-dealkylation sites (tertiary alicyclic amines) is 1. The number of benzene rings is 1. The Morgan fingerprint density at radius 1 is 1.15 bits per heavy atom. The number of carbonyl (C=O) groups is 1. The molecule has 0 N–H and O–H groups in total. The van der Waals surface area contributed by atoms with Crippen LogP contribution in [0, 0.1) is 5.41 Å². The molecule has 148 valence electrons. The number of piperazine rings is 1. The van der Waals surface area contributed by atoms with E-state index in [1.54, 1.807) is 6.92 Å². The lowest BCUT2D eigenvalue weighted by molar-refractivity contribution is -0.129. The topological polar surface area (TPSA) is 36.0 Å². The summed E-state index contributed by atoms with van der Waals surface area (Å²) in [5, 5.41) is 0. The standard InChI is InChI=1S/C22H33N3O2/c1-3-27-20-14-22(15-20)8-9-23(17-22)16-19-6-4-5-7-21(19)25-12-10-24(11-13-25)18(2)26/h4-7,20H,3,8-17H2,1-2H3. The van der Waals surface area contributed by atoms with Gasteiger partial charge in [-0.05, 0) is 49.8 Å². The quantitative estimate of drug-likeness (QED) is 0.797. The van der Waals surface area contributed by atoms with E-state index >= 15 is 0 Å². The number of para-hydroxylation sites is 1. The predicted octanol–water partition coefficient (Wildman–Crippen LogP) is 2.75. The van der Waals surface area contributed by atoms with Crippen molar-refractivity contribution in [3.8, 4) is 0 Å². The Labute approximate surface area is 163 Å². The zero-order valence-electron chi connectivity index (χ0n) is 16.8. The molecule has 2 saturated heterocycles. The van der Waals surface area contributed by atoms with E-state index in [0.29, 0.717) is 11.5 Å². The van der Waals surface area contributed by atoms with Gasteiger partial charge in [-0.25, -0.2) is 0 Å². The van der Waals surface area contributed by atoms with Crippen LogP contribution in [0.25, 0.3) is 0 Å². The number of carbonyl (C=O) groups excluding carboxylic acids is 1. The van der Waals surface area contributed by atoms with Crippen molar-refractivity contribution in [1.29, 1.82) is 0 Å². The molecule has 5 heteroatoms. The van der Waals surface area contributed by atoms with Gasteiger partial charge in [-0.15, -0.1) is 0 Å². The minimum atomic E-state index is 0.191. The largest absolute Gasteiger partial charge is 0.378 e. The zero-order chi connectivity index (χ0) is 18.9. The van der Waals surface area contributed by atoms with Crippen molar-refractivity contribution < 1.29 is 9.53 Å². The molecule has 3 aliphatic rings. The maximum absolute atomic E-state index is 11.6. The summed E-state index contributed by atoms with van der Waals surface area (Å²) in [6.07, 6.45) is 4.30. The lowest BCUT2D eigenvalue weighted by Crippen LogP contribution is -2.48. The lowest BCUT2D eigenvalue weighted by atomic mass is 9.66. The first-order valence-corrected chi connectivity index (χ1v) is 10.5. The second-order valence-electron chi connectivity index (χ2n) is 8.57. The Kier molecular flexibility index (Phi) is 5.42. The van der Waals surface area contributed by atoms with E-state index in [1.807, 2.05) is 4.90 Å². The number of anilines is 1. The molecule has 2 aliphatic heterocycles. The highest BCUT2D eigenvalue weighted by Crippen LogP contribution is 2.49. The third-order valence-electron chi connectivity index (χ3n) is 6.69. The molecule has 1 aliphatic carbocycles. The fourth-order valence-electron chi connectivity index (χ4n) is 5.21. The van der Waals surface area contributed by atoms with Crippen LogP contribution in [0.2, 0.25) is 0 Å². The van der Waals surface area contributed by atoms with Crippen molar-refractivity contribution in [1.82, 2.24) is 9.80 Å². The van der Waals surface area contributed by atoms with Crippen LogP contribution in [0.1, 0.15) is 38.7 Å². The van der Waals surface area contributed by atoms with Gasteiger partial charge in [-0.1, -0.05) is 18.2 Å². The SMILES string of the molecule is CCOC1CC2(CCN(Cc3ccccc3N3CCN(C(C)=O)CC3)C2)C1. The molecule has 5 nitrogen and oxygen atoms in total. The van der Waals surface area contributed by atoms with Crippen molar-refractivity contribution in [3.63, 3.8) is 0 Å². The van der Waals surface area contributed by atoms with Crippen LogP contribution in [0.15, 0.2) is 24.3 Å². The van der Waals surface area contributed by atoms with Gasteiger partial charge >= 0.3 is 0 Å². The number of nitrogens with zero attached hydrogens (tertiary/aromatic N) is 3. The minimum absolute atomic E-state index is 0.191. The van der Waals surface area contributed by atoms with Gasteiger partial charge in [0.05, 0.1) is 6.10 Å². The van der Waals surface area contributed by atoms with Crippen LogP contribution in [0.4, 0.5) is 5.69 Å². The second kappa shape index (κ2) is 7.80. The zero-order valence-corrected chi connectivity index (χ0v) is 16.8. The molecule has 4 rings (SSSR count). The average molecular weight is 372 g/mol. The molecular formula is C22H33N3O2. The molecule has 0 aromatic heterocycles. The summed E-state index contributed by atoms with van der Waals surface area (Å²) >= 11 is 0. The van der Waals surface area contributed by atoms with Crippen LogP contribution < -0.4 is 4.90 Å². The maximum Gasteiger partial charge on any atom is 0.219 e. The molecule has 1 saturated carbocycles. The van der Waals surface area contributed by atoms with Crippen molar-refractivity contribution >= 4 is 11.6 Å². The molecule has 0 atom stereocenters. The van der Waals surface area contributed by atoms with Crippen molar-refractivity contribution in [3.05, 3.63) is 29.8 Å². The monoisotopic (exact) mass is 371 g/mol. The predicted molar refractivity (Wildman–Crippen MR) is 108 cm³/mol. The van der Waals surface area contributed by atoms with Gasteiger partial charge in [0.15, 0.2) is 0 Å². The molecule has 0 bridgehead atoms. The van der Waals surface area contributed by atoms with Crippen LogP contribution >= 0.6 is 0 Å². The molecule has 0 unspecified atom stereocenters. The molecular weight excluding hydrogens is 338 g/mol. The number of rotatable bonds is 5.